The van der Waals surface area contributed by atoms with Gasteiger partial charge in [-0.1, -0.05) is 34.1 Å². The summed E-state index contributed by atoms with van der Waals surface area (Å²) in [7, 11) is 0. The largest absolute Gasteiger partial charge is 0.350 e. The van der Waals surface area contributed by atoms with Crippen molar-refractivity contribution in [3.8, 4) is 0 Å². The SMILES string of the molecule is Cc1cc(Nc2nc(NCc3ccccc3Br)nc3[nH]ncc23)n[nH]1. The highest BCUT2D eigenvalue weighted by Gasteiger charge is 2.11. The van der Waals surface area contributed by atoms with E-state index in [1.54, 1.807) is 6.20 Å². The summed E-state index contributed by atoms with van der Waals surface area (Å²) in [6, 6.07) is 9.92. The summed E-state index contributed by atoms with van der Waals surface area (Å²) in [6.07, 6.45) is 1.69. The van der Waals surface area contributed by atoms with Crippen LogP contribution in [-0.4, -0.2) is 30.4 Å². The molecule has 4 aromatic rings. The predicted molar refractivity (Wildman–Crippen MR) is 99.8 cm³/mol. The number of aromatic nitrogens is 6. The molecule has 0 fully saturated rings. The van der Waals surface area contributed by atoms with Crippen molar-refractivity contribution in [2.24, 2.45) is 0 Å². The topological polar surface area (TPSA) is 107 Å². The fourth-order valence-corrected chi connectivity index (χ4v) is 2.85. The highest BCUT2D eigenvalue weighted by molar-refractivity contribution is 9.10. The predicted octanol–water partition coefficient (Wildman–Crippen LogP) is 3.50. The third-order valence-electron chi connectivity index (χ3n) is 3.66. The molecule has 126 valence electrons. The quantitative estimate of drug-likeness (QED) is 0.409. The molecule has 0 saturated carbocycles. The summed E-state index contributed by atoms with van der Waals surface area (Å²) in [4.78, 5) is 9.02. The van der Waals surface area contributed by atoms with Crippen LogP contribution in [0.1, 0.15) is 11.3 Å². The second-order valence-electron chi connectivity index (χ2n) is 5.53. The minimum absolute atomic E-state index is 0.502. The number of anilines is 3. The fraction of sp³-hybridized carbons (Fsp3) is 0.125. The second-order valence-corrected chi connectivity index (χ2v) is 6.39. The Hall–Kier alpha value is -2.94. The zero-order valence-corrected chi connectivity index (χ0v) is 14.9. The molecule has 0 unspecified atom stereocenters. The van der Waals surface area contributed by atoms with Crippen LogP contribution in [0.2, 0.25) is 0 Å². The monoisotopic (exact) mass is 398 g/mol. The smallest absolute Gasteiger partial charge is 0.226 e. The van der Waals surface area contributed by atoms with E-state index in [0.717, 1.165) is 21.1 Å². The Balaban J connectivity index is 1.62. The number of aryl methyl sites for hydroxylation is 1. The maximum absolute atomic E-state index is 4.56. The first-order chi connectivity index (χ1) is 12.2. The average molecular weight is 399 g/mol. The molecular weight excluding hydrogens is 384 g/mol. The molecule has 4 N–H and O–H groups in total. The van der Waals surface area contributed by atoms with Crippen LogP contribution in [0.15, 0.2) is 41.0 Å². The molecule has 0 saturated heterocycles. The van der Waals surface area contributed by atoms with Crippen LogP contribution in [0.3, 0.4) is 0 Å². The minimum atomic E-state index is 0.502. The van der Waals surface area contributed by atoms with Gasteiger partial charge < -0.3 is 10.6 Å². The Morgan fingerprint density at radius 1 is 1.16 bits per heavy atom. The van der Waals surface area contributed by atoms with Gasteiger partial charge in [-0.15, -0.1) is 0 Å². The van der Waals surface area contributed by atoms with E-state index < -0.39 is 0 Å². The van der Waals surface area contributed by atoms with E-state index in [2.05, 4.69) is 56.9 Å². The standard InChI is InChI=1S/C16H15BrN8/c1-9-6-13(24-23-9)20-14-11-8-19-25-15(11)22-16(21-14)18-7-10-4-2-3-5-12(10)17/h2-6,8H,7H2,1H3,(H4,18,19,20,21,22,23,24,25). The maximum Gasteiger partial charge on any atom is 0.226 e. The van der Waals surface area contributed by atoms with Gasteiger partial charge in [-0.25, -0.2) is 0 Å². The lowest BCUT2D eigenvalue weighted by Gasteiger charge is -2.09. The Bertz CT molecular complexity index is 1020. The van der Waals surface area contributed by atoms with Gasteiger partial charge in [-0.2, -0.15) is 20.2 Å². The zero-order chi connectivity index (χ0) is 17.2. The van der Waals surface area contributed by atoms with Crippen molar-refractivity contribution in [3.63, 3.8) is 0 Å². The van der Waals surface area contributed by atoms with Crippen LogP contribution in [0.4, 0.5) is 17.6 Å². The summed E-state index contributed by atoms with van der Waals surface area (Å²) >= 11 is 3.54. The summed E-state index contributed by atoms with van der Waals surface area (Å²) in [5, 5.41) is 21.3. The summed E-state index contributed by atoms with van der Waals surface area (Å²) in [5.41, 5.74) is 2.74. The molecular formula is C16H15BrN8. The first kappa shape index (κ1) is 15.6. The van der Waals surface area contributed by atoms with Crippen LogP contribution >= 0.6 is 15.9 Å². The van der Waals surface area contributed by atoms with E-state index >= 15 is 0 Å². The van der Waals surface area contributed by atoms with Crippen molar-refractivity contribution in [1.82, 2.24) is 30.4 Å². The normalized spacial score (nSPS) is 11.0. The minimum Gasteiger partial charge on any atom is -0.350 e. The molecule has 9 heteroatoms. The molecule has 0 aliphatic carbocycles. The number of rotatable bonds is 5. The van der Waals surface area contributed by atoms with Crippen molar-refractivity contribution < 1.29 is 0 Å². The van der Waals surface area contributed by atoms with Crippen LogP contribution in [-0.2, 0) is 6.54 Å². The van der Waals surface area contributed by atoms with Gasteiger partial charge in [0, 0.05) is 22.8 Å². The van der Waals surface area contributed by atoms with Gasteiger partial charge in [0.15, 0.2) is 11.5 Å². The van der Waals surface area contributed by atoms with Crippen LogP contribution in [0.5, 0.6) is 0 Å². The molecule has 1 aromatic carbocycles. The third-order valence-corrected chi connectivity index (χ3v) is 4.43. The Kier molecular flexibility index (Phi) is 4.06. The fourth-order valence-electron chi connectivity index (χ4n) is 2.43. The van der Waals surface area contributed by atoms with E-state index in [1.165, 1.54) is 0 Å². The molecule has 3 aromatic heterocycles. The summed E-state index contributed by atoms with van der Waals surface area (Å²) < 4.78 is 1.04. The number of H-pyrrole nitrogens is 2. The first-order valence-electron chi connectivity index (χ1n) is 7.66. The van der Waals surface area contributed by atoms with Gasteiger partial charge in [0.25, 0.3) is 0 Å². The number of hydrogen-bond donors (Lipinski definition) is 4. The number of nitrogens with one attached hydrogen (secondary N) is 4. The van der Waals surface area contributed by atoms with Gasteiger partial charge in [-0.05, 0) is 18.6 Å². The van der Waals surface area contributed by atoms with Gasteiger partial charge in [0.2, 0.25) is 5.95 Å². The molecule has 8 nitrogen and oxygen atoms in total. The van der Waals surface area contributed by atoms with E-state index in [9.17, 15) is 0 Å². The molecule has 0 spiro atoms. The molecule has 0 bridgehead atoms. The molecule has 3 heterocycles. The Morgan fingerprint density at radius 3 is 2.84 bits per heavy atom. The van der Waals surface area contributed by atoms with Crippen molar-refractivity contribution in [1.29, 1.82) is 0 Å². The number of hydrogen-bond acceptors (Lipinski definition) is 6. The summed E-state index contributed by atoms with van der Waals surface area (Å²) in [6.45, 7) is 2.54. The second kappa shape index (κ2) is 6.52. The first-order valence-corrected chi connectivity index (χ1v) is 8.46. The van der Waals surface area contributed by atoms with E-state index in [1.807, 2.05) is 37.3 Å². The summed E-state index contributed by atoms with van der Waals surface area (Å²) in [5.74, 6) is 1.83. The number of fused-ring (bicyclic) bond motifs is 1. The third kappa shape index (κ3) is 3.31. The van der Waals surface area contributed by atoms with Crippen LogP contribution in [0.25, 0.3) is 11.0 Å². The maximum atomic E-state index is 4.56. The number of benzene rings is 1. The van der Waals surface area contributed by atoms with Crippen molar-refractivity contribution in [2.75, 3.05) is 10.6 Å². The number of halogens is 1. The van der Waals surface area contributed by atoms with E-state index in [0.29, 0.717) is 29.8 Å². The highest BCUT2D eigenvalue weighted by atomic mass is 79.9. The Labute approximate surface area is 151 Å². The van der Waals surface area contributed by atoms with Gasteiger partial charge in [0.05, 0.1) is 11.6 Å². The van der Waals surface area contributed by atoms with E-state index in [4.69, 9.17) is 0 Å². The molecule has 0 atom stereocenters. The lowest BCUT2D eigenvalue weighted by Crippen LogP contribution is -2.06. The number of aromatic amines is 2. The van der Waals surface area contributed by atoms with Crippen molar-refractivity contribution in [2.45, 2.75) is 13.5 Å². The highest BCUT2D eigenvalue weighted by Crippen LogP contribution is 2.24. The molecule has 25 heavy (non-hydrogen) atoms. The molecule has 0 aliphatic rings. The Morgan fingerprint density at radius 2 is 2.04 bits per heavy atom. The van der Waals surface area contributed by atoms with Crippen LogP contribution < -0.4 is 10.6 Å². The average Bonchev–Trinajstić information content (AvgIpc) is 3.23. The zero-order valence-electron chi connectivity index (χ0n) is 13.3. The van der Waals surface area contributed by atoms with Gasteiger partial charge in [-0.3, -0.25) is 10.2 Å². The lowest BCUT2D eigenvalue weighted by atomic mass is 10.2. The molecule has 4 rings (SSSR count). The van der Waals surface area contributed by atoms with Crippen molar-refractivity contribution >= 4 is 44.5 Å². The van der Waals surface area contributed by atoms with Crippen LogP contribution in [0, 0.1) is 6.92 Å². The molecule has 0 amide bonds. The number of nitrogens with zero attached hydrogens (tertiary/aromatic N) is 4. The molecule has 0 aliphatic heterocycles. The van der Waals surface area contributed by atoms with Gasteiger partial charge in [0.1, 0.15) is 5.82 Å². The van der Waals surface area contributed by atoms with Crippen molar-refractivity contribution in [3.05, 3.63) is 52.3 Å². The molecule has 0 radical (unpaired) electrons. The van der Waals surface area contributed by atoms with E-state index in [-0.39, 0.29) is 0 Å². The van der Waals surface area contributed by atoms with Gasteiger partial charge >= 0.3 is 0 Å². The lowest BCUT2D eigenvalue weighted by molar-refractivity contribution is 1.04.